The largest absolute Gasteiger partial charge is 0.481 e. The van der Waals surface area contributed by atoms with Gasteiger partial charge >= 0.3 is 5.97 Å². The molecule has 0 aromatic carbocycles. The van der Waals surface area contributed by atoms with E-state index >= 15 is 0 Å². The van der Waals surface area contributed by atoms with Crippen molar-refractivity contribution in [1.29, 1.82) is 0 Å². The maximum atomic E-state index is 10.4. The molecule has 0 saturated carbocycles. The van der Waals surface area contributed by atoms with E-state index in [1.165, 1.54) is 57.8 Å². The number of carboxylic acids is 1. The monoisotopic (exact) mass is 306 g/mol. The summed E-state index contributed by atoms with van der Waals surface area (Å²) in [5.41, 5.74) is 0. The molecule has 22 heavy (non-hydrogen) atoms. The Balaban J connectivity index is 1.74. The summed E-state index contributed by atoms with van der Waals surface area (Å²) in [4.78, 5) is 10.4. The Morgan fingerprint density at radius 2 is 1.59 bits per heavy atom. The molecule has 0 spiro atoms. The second kappa shape index (κ2) is 13.6. The summed E-state index contributed by atoms with van der Waals surface area (Å²) in [5.74, 6) is 0.218. The third-order valence-electron chi connectivity index (χ3n) is 4.49. The van der Waals surface area contributed by atoms with Gasteiger partial charge in [0.2, 0.25) is 0 Å². The van der Waals surface area contributed by atoms with E-state index in [1.54, 1.807) is 0 Å². The van der Waals surface area contributed by atoms with Crippen molar-refractivity contribution < 1.29 is 9.90 Å². The number of carboxylic acid groups (broad SMARTS) is 1. The molecule has 0 aromatic heterocycles. The van der Waals surface area contributed by atoms with Crippen molar-refractivity contribution >= 4 is 5.97 Å². The molecule has 1 aliphatic rings. The molecule has 0 heterocycles. The first-order valence-electron chi connectivity index (χ1n) is 9.32. The first kappa shape index (κ1) is 19.0. The van der Waals surface area contributed by atoms with Gasteiger partial charge in [0.05, 0.1) is 0 Å². The van der Waals surface area contributed by atoms with Gasteiger partial charge in [-0.25, -0.2) is 0 Å². The van der Waals surface area contributed by atoms with Crippen LogP contribution in [0.25, 0.3) is 0 Å². The predicted octanol–water partition coefficient (Wildman–Crippen LogP) is 6.27. The van der Waals surface area contributed by atoms with Gasteiger partial charge in [-0.3, -0.25) is 4.79 Å². The van der Waals surface area contributed by atoms with Crippen molar-refractivity contribution in [1.82, 2.24) is 0 Å². The first-order chi connectivity index (χ1) is 10.8. The van der Waals surface area contributed by atoms with Crippen molar-refractivity contribution in [2.24, 2.45) is 5.92 Å². The van der Waals surface area contributed by atoms with Gasteiger partial charge in [0.15, 0.2) is 0 Å². The van der Waals surface area contributed by atoms with Crippen LogP contribution in [0, 0.1) is 5.92 Å². The third-order valence-corrected chi connectivity index (χ3v) is 4.49. The molecule has 0 radical (unpaired) electrons. The Morgan fingerprint density at radius 1 is 0.955 bits per heavy atom. The second-order valence-corrected chi connectivity index (χ2v) is 6.58. The van der Waals surface area contributed by atoms with Crippen molar-refractivity contribution in [2.75, 3.05) is 0 Å². The van der Waals surface area contributed by atoms with Gasteiger partial charge in [-0.05, 0) is 57.3 Å². The number of unbranched alkanes of at least 4 members (excludes halogenated alkanes) is 8. The van der Waals surface area contributed by atoms with E-state index in [1.807, 2.05) is 0 Å². The fourth-order valence-electron chi connectivity index (χ4n) is 3.09. The molecule has 2 heteroatoms. The van der Waals surface area contributed by atoms with E-state index in [0.29, 0.717) is 6.42 Å². The maximum Gasteiger partial charge on any atom is 0.303 e. The van der Waals surface area contributed by atoms with Crippen LogP contribution in [0.4, 0.5) is 0 Å². The fourth-order valence-corrected chi connectivity index (χ4v) is 3.09. The minimum Gasteiger partial charge on any atom is -0.481 e. The molecule has 1 N–H and O–H groups in total. The van der Waals surface area contributed by atoms with E-state index in [-0.39, 0.29) is 0 Å². The molecule has 0 aliphatic heterocycles. The van der Waals surface area contributed by atoms with Gasteiger partial charge in [0.25, 0.3) is 0 Å². The number of allylic oxidation sites excluding steroid dienone is 4. The molecule has 0 saturated heterocycles. The van der Waals surface area contributed by atoms with Gasteiger partial charge in [-0.1, -0.05) is 56.4 Å². The summed E-state index contributed by atoms with van der Waals surface area (Å²) >= 11 is 0. The summed E-state index contributed by atoms with van der Waals surface area (Å²) in [6, 6.07) is 0. The lowest BCUT2D eigenvalue weighted by Crippen LogP contribution is -1.93. The van der Waals surface area contributed by atoms with E-state index in [2.05, 4.69) is 24.3 Å². The van der Waals surface area contributed by atoms with Gasteiger partial charge in [0, 0.05) is 6.42 Å². The lowest BCUT2D eigenvalue weighted by atomic mass is 10.00. The van der Waals surface area contributed by atoms with Crippen LogP contribution in [0.5, 0.6) is 0 Å². The number of carbonyl (C=O) groups is 1. The van der Waals surface area contributed by atoms with Crippen molar-refractivity contribution in [3.63, 3.8) is 0 Å². The van der Waals surface area contributed by atoms with Crippen LogP contribution in [-0.2, 0) is 4.79 Å². The highest BCUT2D eigenvalue weighted by molar-refractivity contribution is 5.66. The number of hydrogen-bond donors (Lipinski definition) is 1. The van der Waals surface area contributed by atoms with E-state index in [0.717, 1.165) is 31.6 Å². The molecule has 1 rings (SSSR count). The molecule has 0 aromatic rings. The Labute approximate surface area is 136 Å². The standard InChI is InChI=1S/C20H34O2/c21-20(22)18-12-10-8-6-4-2-1-3-5-7-9-11-15-19-16-13-14-17-19/h1-2,13,16,19H,3-12,14-15,17-18H2,(H,21,22). The smallest absolute Gasteiger partial charge is 0.303 e. The first-order valence-corrected chi connectivity index (χ1v) is 9.32. The second-order valence-electron chi connectivity index (χ2n) is 6.58. The topological polar surface area (TPSA) is 37.3 Å². The van der Waals surface area contributed by atoms with E-state index in [4.69, 9.17) is 5.11 Å². The van der Waals surface area contributed by atoms with Crippen molar-refractivity contribution in [2.45, 2.75) is 89.9 Å². The van der Waals surface area contributed by atoms with Gasteiger partial charge in [0.1, 0.15) is 0 Å². The van der Waals surface area contributed by atoms with Gasteiger partial charge in [-0.15, -0.1) is 0 Å². The van der Waals surface area contributed by atoms with E-state index in [9.17, 15) is 4.79 Å². The van der Waals surface area contributed by atoms with Gasteiger partial charge in [-0.2, -0.15) is 0 Å². The fraction of sp³-hybridized carbons (Fsp3) is 0.750. The highest BCUT2D eigenvalue weighted by Gasteiger charge is 2.07. The quantitative estimate of drug-likeness (QED) is 0.303. The van der Waals surface area contributed by atoms with Crippen LogP contribution in [0.1, 0.15) is 89.9 Å². The summed E-state index contributed by atoms with van der Waals surface area (Å²) in [5, 5.41) is 8.53. The normalized spacial score (nSPS) is 17.5. The van der Waals surface area contributed by atoms with Crippen LogP contribution in [0.2, 0.25) is 0 Å². The Bertz CT molecular complexity index is 331. The molecule has 0 bridgehead atoms. The maximum absolute atomic E-state index is 10.4. The lowest BCUT2D eigenvalue weighted by molar-refractivity contribution is -0.137. The SMILES string of the molecule is O=C(O)CCCCCCC=CCCCCCCC1C=CCC1. The molecule has 0 fully saturated rings. The summed E-state index contributed by atoms with van der Waals surface area (Å²) in [6.07, 6.45) is 25.9. The minimum absolute atomic E-state index is 0.326. The Hall–Kier alpha value is -1.05. The number of aliphatic carboxylic acids is 1. The van der Waals surface area contributed by atoms with Crippen LogP contribution in [0.15, 0.2) is 24.3 Å². The zero-order valence-electron chi connectivity index (χ0n) is 14.1. The van der Waals surface area contributed by atoms with Gasteiger partial charge < -0.3 is 5.11 Å². The molecular weight excluding hydrogens is 272 g/mol. The lowest BCUT2D eigenvalue weighted by Gasteiger charge is -2.06. The number of hydrogen-bond acceptors (Lipinski definition) is 1. The summed E-state index contributed by atoms with van der Waals surface area (Å²) < 4.78 is 0. The molecule has 2 nitrogen and oxygen atoms in total. The highest BCUT2D eigenvalue weighted by Crippen LogP contribution is 2.23. The van der Waals surface area contributed by atoms with Crippen molar-refractivity contribution in [3.05, 3.63) is 24.3 Å². The van der Waals surface area contributed by atoms with Crippen LogP contribution in [-0.4, -0.2) is 11.1 Å². The van der Waals surface area contributed by atoms with Crippen LogP contribution < -0.4 is 0 Å². The van der Waals surface area contributed by atoms with Crippen LogP contribution in [0.3, 0.4) is 0 Å². The molecule has 1 atom stereocenters. The highest BCUT2D eigenvalue weighted by atomic mass is 16.4. The van der Waals surface area contributed by atoms with E-state index < -0.39 is 5.97 Å². The Kier molecular flexibility index (Phi) is 11.7. The zero-order valence-corrected chi connectivity index (χ0v) is 14.1. The average Bonchev–Trinajstić information content (AvgIpc) is 3.00. The minimum atomic E-state index is -0.667. The summed E-state index contributed by atoms with van der Waals surface area (Å²) in [6.45, 7) is 0. The van der Waals surface area contributed by atoms with Crippen LogP contribution >= 0.6 is 0 Å². The number of rotatable bonds is 14. The molecular formula is C20H34O2. The molecule has 1 unspecified atom stereocenters. The molecule has 126 valence electrons. The van der Waals surface area contributed by atoms with Crippen molar-refractivity contribution in [3.8, 4) is 0 Å². The zero-order chi connectivity index (χ0) is 15.9. The average molecular weight is 306 g/mol. The third kappa shape index (κ3) is 11.6. The Morgan fingerprint density at radius 3 is 2.18 bits per heavy atom. The predicted molar refractivity (Wildman–Crippen MR) is 94.0 cm³/mol. The molecule has 1 aliphatic carbocycles. The molecule has 0 amide bonds. The summed E-state index contributed by atoms with van der Waals surface area (Å²) in [7, 11) is 0.